The molecule has 0 aliphatic carbocycles. The molecule has 0 saturated heterocycles. The van der Waals surface area contributed by atoms with Crippen molar-refractivity contribution >= 4 is 18.3 Å². The Balaban J connectivity index is 0.00000220. The van der Waals surface area contributed by atoms with Crippen molar-refractivity contribution in [2.24, 2.45) is 0 Å². The van der Waals surface area contributed by atoms with Gasteiger partial charge in [-0.15, -0.1) is 12.4 Å². The van der Waals surface area contributed by atoms with Gasteiger partial charge in [-0.1, -0.05) is 17.7 Å². The summed E-state index contributed by atoms with van der Waals surface area (Å²) in [5.41, 5.74) is 3.67. The van der Waals surface area contributed by atoms with Gasteiger partial charge in [0.15, 0.2) is 6.61 Å². The van der Waals surface area contributed by atoms with Crippen molar-refractivity contribution in [3.05, 3.63) is 41.0 Å². The number of halogens is 1. The average molecular weight is 311 g/mol. The van der Waals surface area contributed by atoms with Gasteiger partial charge in [-0.3, -0.25) is 4.79 Å². The summed E-state index contributed by atoms with van der Waals surface area (Å²) in [4.78, 5) is 11.7. The van der Waals surface area contributed by atoms with E-state index < -0.39 is 0 Å². The second kappa shape index (κ2) is 8.70. The summed E-state index contributed by atoms with van der Waals surface area (Å²) in [5.74, 6) is 0.659. The Bertz CT molecular complexity index is 515. The van der Waals surface area contributed by atoms with E-state index in [1.165, 1.54) is 16.7 Å². The molecule has 2 rings (SSSR count). The van der Waals surface area contributed by atoms with E-state index in [9.17, 15) is 4.79 Å². The van der Waals surface area contributed by atoms with E-state index in [-0.39, 0.29) is 24.9 Å². The summed E-state index contributed by atoms with van der Waals surface area (Å²) in [7, 11) is 0. The standard InChI is InChI=1S/C16H22N2O2.ClH/c1-12-3-4-15(9-13(12)2)20-11-16(19)18-10-14-5-7-17-8-6-14;/h3-5,9,17H,6-8,10-11H2,1-2H3,(H,18,19);1H. The molecule has 0 bridgehead atoms. The first-order chi connectivity index (χ1) is 9.65. The Kier molecular flexibility index (Phi) is 7.26. The molecule has 2 N–H and O–H groups in total. The molecule has 21 heavy (non-hydrogen) atoms. The molecule has 0 fully saturated rings. The molecule has 1 heterocycles. The minimum atomic E-state index is -0.0809. The van der Waals surface area contributed by atoms with Crippen LogP contribution in [0, 0.1) is 13.8 Å². The van der Waals surface area contributed by atoms with Crippen LogP contribution >= 0.6 is 12.4 Å². The minimum Gasteiger partial charge on any atom is -0.484 e. The SMILES string of the molecule is Cc1ccc(OCC(=O)NCC2=CCNCC2)cc1C.Cl. The molecule has 1 aliphatic heterocycles. The third kappa shape index (κ3) is 5.78. The largest absolute Gasteiger partial charge is 0.484 e. The molecule has 0 unspecified atom stereocenters. The van der Waals surface area contributed by atoms with Crippen LogP contribution in [0.3, 0.4) is 0 Å². The maximum absolute atomic E-state index is 11.7. The molecular formula is C16H23ClN2O2. The van der Waals surface area contributed by atoms with Crippen LogP contribution < -0.4 is 15.4 Å². The second-order valence-electron chi connectivity index (χ2n) is 5.13. The molecule has 0 spiro atoms. The van der Waals surface area contributed by atoms with Gasteiger partial charge in [0.05, 0.1) is 0 Å². The smallest absolute Gasteiger partial charge is 0.258 e. The van der Waals surface area contributed by atoms with Crippen LogP contribution in [0.2, 0.25) is 0 Å². The molecule has 1 aromatic rings. The second-order valence-corrected chi connectivity index (χ2v) is 5.13. The van der Waals surface area contributed by atoms with Gasteiger partial charge in [0.1, 0.15) is 5.75 Å². The minimum absolute atomic E-state index is 0. The lowest BCUT2D eigenvalue weighted by molar-refractivity contribution is -0.122. The first-order valence-electron chi connectivity index (χ1n) is 7.00. The van der Waals surface area contributed by atoms with Gasteiger partial charge in [-0.25, -0.2) is 0 Å². The lowest BCUT2D eigenvalue weighted by Crippen LogP contribution is -2.32. The fraction of sp³-hybridized carbons (Fsp3) is 0.438. The summed E-state index contributed by atoms with van der Waals surface area (Å²) in [5, 5.41) is 6.13. The highest BCUT2D eigenvalue weighted by Gasteiger charge is 2.06. The third-order valence-corrected chi connectivity index (χ3v) is 3.52. The summed E-state index contributed by atoms with van der Waals surface area (Å²) in [6.45, 7) is 6.65. The number of aryl methyl sites for hydroxylation is 2. The lowest BCUT2D eigenvalue weighted by atomic mass is 10.1. The summed E-state index contributed by atoms with van der Waals surface area (Å²) in [6.07, 6.45) is 3.13. The van der Waals surface area contributed by atoms with Crippen molar-refractivity contribution in [1.82, 2.24) is 10.6 Å². The van der Waals surface area contributed by atoms with Crippen LogP contribution in [-0.2, 0) is 4.79 Å². The van der Waals surface area contributed by atoms with Crippen molar-refractivity contribution in [2.45, 2.75) is 20.3 Å². The van der Waals surface area contributed by atoms with E-state index in [0.29, 0.717) is 6.54 Å². The van der Waals surface area contributed by atoms with E-state index >= 15 is 0 Å². The Labute approximate surface area is 132 Å². The van der Waals surface area contributed by atoms with Gasteiger partial charge in [-0.05, 0) is 50.1 Å². The molecule has 0 saturated carbocycles. The van der Waals surface area contributed by atoms with E-state index in [4.69, 9.17) is 4.74 Å². The topological polar surface area (TPSA) is 50.4 Å². The molecule has 1 aromatic carbocycles. The Morgan fingerprint density at radius 1 is 1.33 bits per heavy atom. The highest BCUT2D eigenvalue weighted by Crippen LogP contribution is 2.16. The number of hydrogen-bond donors (Lipinski definition) is 2. The van der Waals surface area contributed by atoms with Gasteiger partial charge in [0.25, 0.3) is 5.91 Å². The van der Waals surface area contributed by atoms with E-state index in [1.54, 1.807) is 0 Å². The van der Waals surface area contributed by atoms with Crippen LogP contribution in [-0.4, -0.2) is 32.1 Å². The molecule has 0 atom stereocenters. The number of benzene rings is 1. The zero-order valence-corrected chi connectivity index (χ0v) is 13.4. The number of carbonyl (C=O) groups excluding carboxylic acids is 1. The highest BCUT2D eigenvalue weighted by atomic mass is 35.5. The van der Waals surface area contributed by atoms with Crippen molar-refractivity contribution in [3.8, 4) is 5.75 Å². The van der Waals surface area contributed by atoms with Crippen LogP contribution in [0.25, 0.3) is 0 Å². The van der Waals surface area contributed by atoms with Gasteiger partial charge < -0.3 is 15.4 Å². The Morgan fingerprint density at radius 2 is 2.14 bits per heavy atom. The quantitative estimate of drug-likeness (QED) is 0.819. The molecular weight excluding hydrogens is 288 g/mol. The van der Waals surface area contributed by atoms with Crippen LogP contribution in [0.15, 0.2) is 29.8 Å². The highest BCUT2D eigenvalue weighted by molar-refractivity contribution is 5.85. The number of ether oxygens (including phenoxy) is 1. The van der Waals surface area contributed by atoms with Gasteiger partial charge in [0, 0.05) is 13.1 Å². The summed E-state index contributed by atoms with van der Waals surface area (Å²) >= 11 is 0. The lowest BCUT2D eigenvalue weighted by Gasteiger charge is -2.14. The van der Waals surface area contributed by atoms with Crippen molar-refractivity contribution in [1.29, 1.82) is 0 Å². The van der Waals surface area contributed by atoms with E-state index in [0.717, 1.165) is 25.3 Å². The maximum atomic E-state index is 11.7. The number of carbonyl (C=O) groups is 1. The first-order valence-corrected chi connectivity index (χ1v) is 7.00. The van der Waals surface area contributed by atoms with E-state index in [2.05, 4.69) is 23.6 Å². The number of hydrogen-bond acceptors (Lipinski definition) is 3. The Hall–Kier alpha value is -1.52. The van der Waals surface area contributed by atoms with Crippen LogP contribution in [0.4, 0.5) is 0 Å². The normalized spacial score (nSPS) is 13.9. The van der Waals surface area contributed by atoms with Gasteiger partial charge in [-0.2, -0.15) is 0 Å². The van der Waals surface area contributed by atoms with Crippen molar-refractivity contribution < 1.29 is 9.53 Å². The number of nitrogens with one attached hydrogen (secondary N) is 2. The predicted molar refractivity (Wildman–Crippen MR) is 87.2 cm³/mol. The molecule has 5 heteroatoms. The average Bonchev–Trinajstić information content (AvgIpc) is 2.47. The van der Waals surface area contributed by atoms with Gasteiger partial charge >= 0.3 is 0 Å². The number of rotatable bonds is 5. The van der Waals surface area contributed by atoms with Gasteiger partial charge in [0.2, 0.25) is 0 Å². The summed E-state index contributed by atoms with van der Waals surface area (Å²) in [6, 6.07) is 5.85. The third-order valence-electron chi connectivity index (χ3n) is 3.52. The molecule has 4 nitrogen and oxygen atoms in total. The monoisotopic (exact) mass is 310 g/mol. The predicted octanol–water partition coefficient (Wildman–Crippen LogP) is 2.14. The van der Waals surface area contributed by atoms with E-state index in [1.807, 2.05) is 25.1 Å². The fourth-order valence-corrected chi connectivity index (χ4v) is 2.05. The summed E-state index contributed by atoms with van der Waals surface area (Å²) < 4.78 is 5.50. The van der Waals surface area contributed by atoms with Crippen molar-refractivity contribution in [2.75, 3.05) is 26.2 Å². The van der Waals surface area contributed by atoms with Crippen molar-refractivity contribution in [3.63, 3.8) is 0 Å². The molecule has 116 valence electrons. The zero-order chi connectivity index (χ0) is 14.4. The molecule has 1 aliphatic rings. The fourth-order valence-electron chi connectivity index (χ4n) is 2.05. The zero-order valence-electron chi connectivity index (χ0n) is 12.6. The van der Waals surface area contributed by atoms with Crippen LogP contribution in [0.5, 0.6) is 5.75 Å². The molecule has 0 aromatic heterocycles. The first kappa shape index (κ1) is 17.5. The molecule has 0 radical (unpaired) electrons. The Morgan fingerprint density at radius 3 is 2.81 bits per heavy atom. The number of amides is 1. The molecule has 1 amide bonds. The maximum Gasteiger partial charge on any atom is 0.258 e. The van der Waals surface area contributed by atoms with Crippen LogP contribution in [0.1, 0.15) is 17.5 Å².